The Hall–Kier alpha value is -1.16. The highest BCUT2D eigenvalue weighted by molar-refractivity contribution is 5.85. The summed E-state index contributed by atoms with van der Waals surface area (Å²) in [6.45, 7) is 0.558. The molecule has 2 heterocycles. The minimum Gasteiger partial charge on any atom is -0.272 e. The normalized spacial score (nSPS) is 12.4. The number of aliphatic imine (C=N–C) groups is 1. The van der Waals surface area contributed by atoms with Gasteiger partial charge in [-0.05, 0) is 0 Å². The lowest BCUT2D eigenvalue weighted by Gasteiger charge is -1.95. The quantitative estimate of drug-likeness (QED) is 0.567. The Morgan fingerprint density at radius 1 is 1.55 bits per heavy atom. The first-order chi connectivity index (χ1) is 4.88. The summed E-state index contributed by atoms with van der Waals surface area (Å²) in [7, 11) is 0. The van der Waals surface area contributed by atoms with Crippen LogP contribution >= 0.6 is 12.4 Å². The fraction of sp³-hybridized carbons (Fsp3) is 0.167. The van der Waals surface area contributed by atoms with Crippen molar-refractivity contribution in [2.75, 3.05) is 0 Å². The van der Waals surface area contributed by atoms with Crippen molar-refractivity contribution in [2.45, 2.75) is 6.54 Å². The molecule has 0 aromatic carbocycles. The van der Waals surface area contributed by atoms with Gasteiger partial charge in [-0.2, -0.15) is 0 Å². The van der Waals surface area contributed by atoms with Crippen molar-refractivity contribution in [3.63, 3.8) is 0 Å². The zero-order valence-electron chi connectivity index (χ0n) is 5.60. The summed E-state index contributed by atoms with van der Waals surface area (Å²) in [4.78, 5) is 18.7. The molecule has 2 rings (SSSR count). The van der Waals surface area contributed by atoms with Gasteiger partial charge in [0.25, 0.3) is 5.56 Å². The molecule has 0 aliphatic carbocycles. The van der Waals surface area contributed by atoms with Gasteiger partial charge >= 0.3 is 0 Å². The molecule has 0 amide bonds. The summed E-state index contributed by atoms with van der Waals surface area (Å²) in [5.41, 5.74) is -0.0394. The van der Waals surface area contributed by atoms with Crippen LogP contribution in [0.4, 0.5) is 5.95 Å². The monoisotopic (exact) mass is 171 g/mol. The van der Waals surface area contributed by atoms with E-state index >= 15 is 0 Å². The fourth-order valence-electron chi connectivity index (χ4n) is 0.905. The molecule has 0 radical (unpaired) electrons. The number of hydrogen-bond acceptors (Lipinski definition) is 3. The molecule has 0 N–H and O–H groups in total. The van der Waals surface area contributed by atoms with Gasteiger partial charge in [-0.1, -0.05) is 0 Å². The van der Waals surface area contributed by atoms with Gasteiger partial charge < -0.3 is 0 Å². The van der Waals surface area contributed by atoms with Gasteiger partial charge in [-0.25, -0.2) is 9.98 Å². The molecule has 0 saturated heterocycles. The Labute approximate surface area is 69.0 Å². The smallest absolute Gasteiger partial charge is 0.255 e. The summed E-state index contributed by atoms with van der Waals surface area (Å²) in [5, 5.41) is 0. The molecule has 0 fully saturated rings. The Kier molecular flexibility index (Phi) is 2.05. The molecule has 0 atom stereocenters. The topological polar surface area (TPSA) is 47.2 Å². The van der Waals surface area contributed by atoms with Crippen LogP contribution in [0.25, 0.3) is 0 Å². The van der Waals surface area contributed by atoms with Crippen LogP contribution in [0.5, 0.6) is 0 Å². The van der Waals surface area contributed by atoms with E-state index in [-0.39, 0.29) is 18.0 Å². The van der Waals surface area contributed by atoms with Gasteiger partial charge in [0.05, 0.1) is 6.54 Å². The van der Waals surface area contributed by atoms with Gasteiger partial charge in [0, 0.05) is 18.5 Å². The molecule has 0 bridgehead atoms. The first kappa shape index (κ1) is 7.94. The van der Waals surface area contributed by atoms with Crippen molar-refractivity contribution in [3.8, 4) is 0 Å². The Balaban J connectivity index is 0.000000605. The first-order valence-corrected chi connectivity index (χ1v) is 2.96. The van der Waals surface area contributed by atoms with Crippen LogP contribution in [0.3, 0.4) is 0 Å². The largest absolute Gasteiger partial charge is 0.272 e. The molecular weight excluding hydrogens is 166 g/mol. The predicted octanol–water partition coefficient (Wildman–Crippen LogP) is 0.381. The minimum atomic E-state index is -0.0394. The van der Waals surface area contributed by atoms with Crippen LogP contribution in [-0.2, 0) is 6.54 Å². The molecule has 58 valence electrons. The molecule has 11 heavy (non-hydrogen) atoms. The second-order valence-electron chi connectivity index (χ2n) is 2.01. The van der Waals surface area contributed by atoms with E-state index in [0.29, 0.717) is 12.5 Å². The third-order valence-electron chi connectivity index (χ3n) is 1.39. The van der Waals surface area contributed by atoms with Crippen LogP contribution in [0, 0.1) is 0 Å². The number of aromatic nitrogens is 2. The third kappa shape index (κ3) is 1.17. The Morgan fingerprint density at radius 3 is 3.09 bits per heavy atom. The third-order valence-corrected chi connectivity index (χ3v) is 1.39. The molecule has 4 nitrogen and oxygen atoms in total. The number of fused-ring (bicyclic) bond motifs is 1. The maximum Gasteiger partial charge on any atom is 0.255 e. The number of halogens is 1. The molecule has 1 aromatic rings. The van der Waals surface area contributed by atoms with E-state index in [1.165, 1.54) is 16.8 Å². The van der Waals surface area contributed by atoms with Crippen LogP contribution in [0.15, 0.2) is 22.1 Å². The molecule has 0 spiro atoms. The molecular formula is C6H6ClN3O. The number of hydrogen-bond donors (Lipinski definition) is 0. The lowest BCUT2D eigenvalue weighted by molar-refractivity contribution is 0.821. The van der Waals surface area contributed by atoms with Crippen molar-refractivity contribution in [3.05, 3.63) is 22.6 Å². The predicted molar refractivity (Wildman–Crippen MR) is 43.9 cm³/mol. The molecule has 1 aromatic heterocycles. The van der Waals surface area contributed by atoms with Gasteiger partial charge in [-0.15, -0.1) is 12.4 Å². The summed E-state index contributed by atoms with van der Waals surface area (Å²) < 4.78 is 1.51. The SMILES string of the molecule is Cl.O=c1ccnc2n1CC=N2. The first-order valence-electron chi connectivity index (χ1n) is 2.96. The standard InChI is InChI=1S/C6H5N3O.ClH/c10-5-1-2-7-6-8-3-4-9(5)6;/h1-3H,4H2;1H. The Bertz CT molecular complexity index is 344. The van der Waals surface area contributed by atoms with E-state index in [0.717, 1.165) is 0 Å². The van der Waals surface area contributed by atoms with E-state index in [1.54, 1.807) is 6.21 Å². The van der Waals surface area contributed by atoms with Crippen molar-refractivity contribution in [1.82, 2.24) is 9.55 Å². The maximum atomic E-state index is 11.0. The van der Waals surface area contributed by atoms with E-state index in [9.17, 15) is 4.79 Å². The highest BCUT2D eigenvalue weighted by Gasteiger charge is 2.05. The van der Waals surface area contributed by atoms with E-state index < -0.39 is 0 Å². The summed E-state index contributed by atoms with van der Waals surface area (Å²) in [5.74, 6) is 0.507. The van der Waals surface area contributed by atoms with E-state index in [4.69, 9.17) is 0 Å². The van der Waals surface area contributed by atoms with Crippen LogP contribution in [0.1, 0.15) is 0 Å². The van der Waals surface area contributed by atoms with Gasteiger partial charge in [0.15, 0.2) is 0 Å². The van der Waals surface area contributed by atoms with Crippen molar-refractivity contribution >= 4 is 24.6 Å². The van der Waals surface area contributed by atoms with Crippen molar-refractivity contribution < 1.29 is 0 Å². The summed E-state index contributed by atoms with van der Waals surface area (Å²) in [6.07, 6.45) is 3.14. The Morgan fingerprint density at radius 2 is 2.36 bits per heavy atom. The number of rotatable bonds is 0. The number of nitrogens with zero attached hydrogens (tertiary/aromatic N) is 3. The van der Waals surface area contributed by atoms with E-state index in [1.807, 2.05) is 0 Å². The van der Waals surface area contributed by atoms with Gasteiger partial charge in [0.1, 0.15) is 0 Å². The molecule has 5 heteroatoms. The average Bonchev–Trinajstić information content (AvgIpc) is 2.36. The lowest BCUT2D eigenvalue weighted by atomic mass is 10.6. The van der Waals surface area contributed by atoms with Gasteiger partial charge in [-0.3, -0.25) is 9.36 Å². The van der Waals surface area contributed by atoms with Crippen LogP contribution in [0.2, 0.25) is 0 Å². The van der Waals surface area contributed by atoms with Crippen molar-refractivity contribution in [1.29, 1.82) is 0 Å². The lowest BCUT2D eigenvalue weighted by Crippen LogP contribution is -2.16. The average molecular weight is 172 g/mol. The van der Waals surface area contributed by atoms with Gasteiger partial charge in [0.2, 0.25) is 5.95 Å². The molecule has 1 aliphatic heterocycles. The zero-order chi connectivity index (χ0) is 6.97. The van der Waals surface area contributed by atoms with Crippen LogP contribution < -0.4 is 5.56 Å². The zero-order valence-corrected chi connectivity index (χ0v) is 6.41. The second-order valence-corrected chi connectivity index (χ2v) is 2.01. The molecule has 1 aliphatic rings. The molecule has 0 unspecified atom stereocenters. The van der Waals surface area contributed by atoms with Crippen molar-refractivity contribution in [2.24, 2.45) is 4.99 Å². The maximum absolute atomic E-state index is 11.0. The summed E-state index contributed by atoms with van der Waals surface area (Å²) in [6, 6.07) is 1.43. The highest BCUT2D eigenvalue weighted by Crippen LogP contribution is 2.06. The summed E-state index contributed by atoms with van der Waals surface area (Å²) >= 11 is 0. The van der Waals surface area contributed by atoms with E-state index in [2.05, 4.69) is 9.98 Å². The fourth-order valence-corrected chi connectivity index (χ4v) is 0.905. The van der Waals surface area contributed by atoms with Crippen LogP contribution in [-0.4, -0.2) is 15.8 Å². The highest BCUT2D eigenvalue weighted by atomic mass is 35.5. The minimum absolute atomic E-state index is 0. The second kappa shape index (κ2) is 2.84. The molecule has 0 saturated carbocycles.